The highest BCUT2D eigenvalue weighted by Crippen LogP contribution is 2.36. The number of benzene rings is 2. The molecule has 3 rings (SSSR count). The minimum absolute atomic E-state index is 0.0618. The lowest BCUT2D eigenvalue weighted by Crippen LogP contribution is -2.31. The average Bonchev–Trinajstić information content (AvgIpc) is 2.72. The van der Waals surface area contributed by atoms with Gasteiger partial charge in [-0.15, -0.1) is 0 Å². The van der Waals surface area contributed by atoms with Gasteiger partial charge in [-0.2, -0.15) is 5.26 Å². The second-order valence-electron chi connectivity index (χ2n) is 7.33. The Labute approximate surface area is 185 Å². The zero-order valence-corrected chi connectivity index (χ0v) is 18.3. The first-order valence-corrected chi connectivity index (χ1v) is 11.0. The number of nitrogens with zero attached hydrogens (tertiary/aromatic N) is 1. The van der Waals surface area contributed by atoms with E-state index in [4.69, 9.17) is 11.6 Å². The van der Waals surface area contributed by atoms with Crippen molar-refractivity contribution in [1.82, 2.24) is 5.32 Å². The predicted octanol–water partition coefficient (Wildman–Crippen LogP) is 5.17. The molecule has 2 aromatic rings. The van der Waals surface area contributed by atoms with Gasteiger partial charge in [0.25, 0.3) is 0 Å². The van der Waals surface area contributed by atoms with E-state index >= 15 is 0 Å². The number of thioether (sulfide) groups is 1. The molecule has 1 aliphatic heterocycles. The lowest BCUT2D eigenvalue weighted by molar-refractivity contribution is -0.121. The molecule has 30 heavy (non-hydrogen) atoms. The van der Waals surface area contributed by atoms with E-state index in [1.807, 2.05) is 24.3 Å². The second-order valence-corrected chi connectivity index (χ2v) is 8.75. The normalized spacial score (nSPS) is 16.2. The summed E-state index contributed by atoms with van der Waals surface area (Å²) in [6, 6.07) is 17.1. The number of hydrogen-bond acceptors (Lipinski definition) is 4. The molecule has 0 aromatic heterocycles. The van der Waals surface area contributed by atoms with Gasteiger partial charge in [-0.1, -0.05) is 67.5 Å². The number of nitrogens with one attached hydrogen (secondary N) is 2. The molecule has 1 aliphatic rings. The zero-order chi connectivity index (χ0) is 21.7. The summed E-state index contributed by atoms with van der Waals surface area (Å²) in [5, 5.41) is 16.3. The summed E-state index contributed by atoms with van der Waals surface area (Å²) in [5.41, 5.74) is 3.20. The van der Waals surface area contributed by atoms with Crippen molar-refractivity contribution in [2.24, 2.45) is 0 Å². The molecule has 0 bridgehead atoms. The first-order valence-electron chi connectivity index (χ1n) is 9.59. The van der Waals surface area contributed by atoms with Gasteiger partial charge in [0.05, 0.1) is 22.4 Å². The largest absolute Gasteiger partial charge is 0.325 e. The molecule has 0 aliphatic carbocycles. The van der Waals surface area contributed by atoms with Crippen LogP contribution < -0.4 is 10.6 Å². The van der Waals surface area contributed by atoms with Crippen LogP contribution in [0.3, 0.4) is 0 Å². The molecular weight excluding hydrogens is 418 g/mol. The van der Waals surface area contributed by atoms with Gasteiger partial charge in [0.15, 0.2) is 0 Å². The number of nitriles is 1. The second kappa shape index (κ2) is 9.84. The summed E-state index contributed by atoms with van der Waals surface area (Å²) in [6.45, 7) is 4.24. The third-order valence-corrected chi connectivity index (χ3v) is 6.07. The van der Waals surface area contributed by atoms with E-state index in [2.05, 4.69) is 30.6 Å². The number of anilines is 1. The van der Waals surface area contributed by atoms with Crippen molar-refractivity contribution in [3.8, 4) is 6.07 Å². The number of hydrogen-bond donors (Lipinski definition) is 2. The molecular formula is C23H22ClN3O2S. The molecule has 7 heteroatoms. The van der Waals surface area contributed by atoms with Gasteiger partial charge >= 0.3 is 0 Å². The van der Waals surface area contributed by atoms with Crippen LogP contribution >= 0.6 is 23.4 Å². The van der Waals surface area contributed by atoms with Gasteiger partial charge < -0.3 is 10.6 Å². The standard InChI is InChI=1S/C23H22ClN3O2S/c1-14(2)15-6-8-16(9-7-15)19-11-21(28)27-23(20(19)12-25)30-13-22(29)26-18-5-3-4-17(24)10-18/h3-10,14,19H,11,13H2,1-2H3,(H,26,29)(H,27,28). The van der Waals surface area contributed by atoms with E-state index < -0.39 is 0 Å². The third-order valence-electron chi connectivity index (χ3n) is 4.82. The lowest BCUT2D eigenvalue weighted by Gasteiger charge is -2.25. The minimum Gasteiger partial charge on any atom is -0.325 e. The average molecular weight is 440 g/mol. The molecule has 0 saturated heterocycles. The molecule has 1 heterocycles. The van der Waals surface area contributed by atoms with Gasteiger partial charge in [0.2, 0.25) is 11.8 Å². The fourth-order valence-electron chi connectivity index (χ4n) is 3.23. The molecule has 0 fully saturated rings. The summed E-state index contributed by atoms with van der Waals surface area (Å²) in [5.74, 6) is -0.256. The number of carbonyl (C=O) groups excluding carboxylic acids is 2. The summed E-state index contributed by atoms with van der Waals surface area (Å²) in [4.78, 5) is 24.6. The van der Waals surface area contributed by atoms with Crippen LogP contribution in [0.25, 0.3) is 0 Å². The molecule has 0 spiro atoms. The van der Waals surface area contributed by atoms with Gasteiger partial charge in [-0.05, 0) is 35.2 Å². The van der Waals surface area contributed by atoms with Crippen LogP contribution in [0.4, 0.5) is 5.69 Å². The van der Waals surface area contributed by atoms with E-state index in [9.17, 15) is 14.9 Å². The van der Waals surface area contributed by atoms with E-state index in [1.165, 1.54) is 5.56 Å². The molecule has 1 atom stereocenters. The first kappa shape index (κ1) is 21.9. The maximum Gasteiger partial charge on any atom is 0.234 e. The highest BCUT2D eigenvalue weighted by atomic mass is 35.5. The number of allylic oxidation sites excluding steroid dienone is 1. The lowest BCUT2D eigenvalue weighted by atomic mass is 9.86. The molecule has 1 unspecified atom stereocenters. The maximum absolute atomic E-state index is 12.3. The Kier molecular flexibility index (Phi) is 7.20. The maximum atomic E-state index is 12.3. The van der Waals surface area contributed by atoms with Crippen LogP contribution in [0, 0.1) is 11.3 Å². The van der Waals surface area contributed by atoms with E-state index in [0.717, 1.165) is 17.3 Å². The summed E-state index contributed by atoms with van der Waals surface area (Å²) < 4.78 is 0. The van der Waals surface area contributed by atoms with E-state index in [-0.39, 0.29) is 29.9 Å². The summed E-state index contributed by atoms with van der Waals surface area (Å²) >= 11 is 7.09. The Bertz CT molecular complexity index is 1030. The molecule has 0 saturated carbocycles. The van der Waals surface area contributed by atoms with Crippen LogP contribution in [-0.2, 0) is 9.59 Å². The highest BCUT2D eigenvalue weighted by Gasteiger charge is 2.29. The van der Waals surface area contributed by atoms with Crippen LogP contribution in [0.15, 0.2) is 59.1 Å². The monoisotopic (exact) mass is 439 g/mol. The Morgan fingerprint density at radius 3 is 2.67 bits per heavy atom. The fourth-order valence-corrected chi connectivity index (χ4v) is 4.30. The number of rotatable bonds is 6. The number of amides is 2. The topological polar surface area (TPSA) is 82.0 Å². The third kappa shape index (κ3) is 5.44. The van der Waals surface area contributed by atoms with Crippen LogP contribution in [0.5, 0.6) is 0 Å². The Balaban J connectivity index is 1.75. The smallest absolute Gasteiger partial charge is 0.234 e. The van der Waals surface area contributed by atoms with Crippen LogP contribution in [0.1, 0.15) is 43.2 Å². The van der Waals surface area contributed by atoms with Crippen molar-refractivity contribution >= 4 is 40.9 Å². The molecule has 2 N–H and O–H groups in total. The Morgan fingerprint density at radius 1 is 1.30 bits per heavy atom. The van der Waals surface area contributed by atoms with Gasteiger partial charge in [0.1, 0.15) is 0 Å². The van der Waals surface area contributed by atoms with Crippen molar-refractivity contribution < 1.29 is 9.59 Å². The summed E-state index contributed by atoms with van der Waals surface area (Å²) in [6.07, 6.45) is 0.211. The van der Waals surface area contributed by atoms with Gasteiger partial charge in [-0.3, -0.25) is 9.59 Å². The number of carbonyl (C=O) groups is 2. The molecule has 0 radical (unpaired) electrons. The van der Waals surface area contributed by atoms with E-state index in [0.29, 0.717) is 27.2 Å². The van der Waals surface area contributed by atoms with Gasteiger partial charge in [0, 0.05) is 23.0 Å². The molecule has 2 amide bonds. The fraction of sp³-hybridized carbons (Fsp3) is 0.261. The first-order chi connectivity index (χ1) is 14.4. The Morgan fingerprint density at radius 2 is 2.03 bits per heavy atom. The molecule has 5 nitrogen and oxygen atoms in total. The predicted molar refractivity (Wildman–Crippen MR) is 121 cm³/mol. The van der Waals surface area contributed by atoms with Crippen LogP contribution in [-0.4, -0.2) is 17.6 Å². The molecule has 154 valence electrons. The minimum atomic E-state index is -0.316. The summed E-state index contributed by atoms with van der Waals surface area (Å²) in [7, 11) is 0. The molecule has 2 aromatic carbocycles. The SMILES string of the molecule is CC(C)c1ccc(C2CC(=O)NC(SCC(=O)Nc3cccc(Cl)c3)=C2C#N)cc1. The van der Waals surface area contributed by atoms with Gasteiger partial charge in [-0.25, -0.2) is 0 Å². The number of halogens is 1. The van der Waals surface area contributed by atoms with Crippen molar-refractivity contribution in [1.29, 1.82) is 5.26 Å². The quantitative estimate of drug-likeness (QED) is 0.650. The Hall–Kier alpha value is -2.75. The van der Waals surface area contributed by atoms with Crippen molar-refractivity contribution in [2.45, 2.75) is 32.1 Å². The van der Waals surface area contributed by atoms with Crippen molar-refractivity contribution in [3.63, 3.8) is 0 Å². The van der Waals surface area contributed by atoms with E-state index in [1.54, 1.807) is 24.3 Å². The van der Waals surface area contributed by atoms with Crippen molar-refractivity contribution in [2.75, 3.05) is 11.1 Å². The zero-order valence-electron chi connectivity index (χ0n) is 16.7. The van der Waals surface area contributed by atoms with Crippen molar-refractivity contribution in [3.05, 3.63) is 75.3 Å². The van der Waals surface area contributed by atoms with Crippen LogP contribution in [0.2, 0.25) is 5.02 Å². The highest BCUT2D eigenvalue weighted by molar-refractivity contribution is 8.03.